The summed E-state index contributed by atoms with van der Waals surface area (Å²) < 4.78 is 0. The maximum Gasteiger partial charge on any atom is 0.133 e. The standard InChI is InChI=1S/C6H12OS/c1-2-3-6(7)4-5-8/h8H,2-5H2,1H3. The molecule has 0 fully saturated rings. The van der Waals surface area contributed by atoms with Crippen LogP contribution in [0.15, 0.2) is 0 Å². The highest BCUT2D eigenvalue weighted by Crippen LogP contribution is 1.94. The highest BCUT2D eigenvalue weighted by molar-refractivity contribution is 7.80. The molecule has 0 unspecified atom stereocenters. The second-order valence-electron chi connectivity index (χ2n) is 1.76. The van der Waals surface area contributed by atoms with Crippen molar-refractivity contribution < 1.29 is 4.79 Å². The second-order valence-corrected chi connectivity index (χ2v) is 2.21. The molecule has 0 aliphatic carbocycles. The van der Waals surface area contributed by atoms with E-state index in [1.807, 2.05) is 6.92 Å². The molecular formula is C6H12OS. The summed E-state index contributed by atoms with van der Waals surface area (Å²) in [7, 11) is 0. The van der Waals surface area contributed by atoms with Gasteiger partial charge >= 0.3 is 0 Å². The van der Waals surface area contributed by atoms with Gasteiger partial charge in [0.2, 0.25) is 0 Å². The molecule has 0 atom stereocenters. The van der Waals surface area contributed by atoms with E-state index in [0.717, 1.165) is 12.8 Å². The molecule has 48 valence electrons. The molecule has 0 saturated carbocycles. The number of carbonyl (C=O) groups is 1. The Morgan fingerprint density at radius 1 is 1.50 bits per heavy atom. The van der Waals surface area contributed by atoms with Gasteiger partial charge in [-0.25, -0.2) is 0 Å². The van der Waals surface area contributed by atoms with Crippen LogP contribution in [0.1, 0.15) is 26.2 Å². The summed E-state index contributed by atoms with van der Waals surface area (Å²) in [5, 5.41) is 0. The molecule has 0 aliphatic heterocycles. The van der Waals surface area contributed by atoms with E-state index in [1.165, 1.54) is 0 Å². The van der Waals surface area contributed by atoms with Crippen LogP contribution in [0.3, 0.4) is 0 Å². The van der Waals surface area contributed by atoms with E-state index < -0.39 is 0 Å². The van der Waals surface area contributed by atoms with Gasteiger partial charge in [0.05, 0.1) is 0 Å². The van der Waals surface area contributed by atoms with Crippen molar-refractivity contribution >= 4 is 18.4 Å². The number of rotatable bonds is 4. The maximum absolute atomic E-state index is 10.6. The Hall–Kier alpha value is 0.0200. The Morgan fingerprint density at radius 2 is 2.12 bits per heavy atom. The van der Waals surface area contributed by atoms with Crippen LogP contribution in [-0.2, 0) is 4.79 Å². The summed E-state index contributed by atoms with van der Waals surface area (Å²) in [6.45, 7) is 2.01. The van der Waals surface area contributed by atoms with E-state index in [1.54, 1.807) is 0 Å². The summed E-state index contributed by atoms with van der Waals surface area (Å²) in [6.07, 6.45) is 2.32. The molecule has 0 aromatic carbocycles. The Bertz CT molecular complexity index is 62.9. The van der Waals surface area contributed by atoms with Gasteiger partial charge in [0.15, 0.2) is 0 Å². The van der Waals surface area contributed by atoms with Crippen LogP contribution in [0.25, 0.3) is 0 Å². The molecule has 0 aromatic rings. The topological polar surface area (TPSA) is 17.1 Å². The fourth-order valence-electron chi connectivity index (χ4n) is 0.529. The van der Waals surface area contributed by atoms with Crippen molar-refractivity contribution in [1.82, 2.24) is 0 Å². The predicted molar refractivity (Wildman–Crippen MR) is 38.4 cm³/mol. The van der Waals surface area contributed by atoms with Gasteiger partial charge < -0.3 is 0 Å². The lowest BCUT2D eigenvalue weighted by Crippen LogP contribution is -1.96. The largest absolute Gasteiger partial charge is 0.300 e. The molecule has 0 aromatic heterocycles. The minimum absolute atomic E-state index is 0.336. The lowest BCUT2D eigenvalue weighted by atomic mass is 10.2. The number of hydrogen-bond donors (Lipinski definition) is 1. The molecule has 0 rings (SSSR count). The summed E-state index contributed by atoms with van der Waals surface area (Å²) in [5.74, 6) is 1.03. The van der Waals surface area contributed by atoms with Crippen molar-refractivity contribution in [3.05, 3.63) is 0 Å². The Morgan fingerprint density at radius 3 is 2.50 bits per heavy atom. The van der Waals surface area contributed by atoms with E-state index >= 15 is 0 Å². The molecule has 0 aliphatic rings. The molecule has 1 nitrogen and oxygen atoms in total. The van der Waals surface area contributed by atoms with Gasteiger partial charge in [-0.15, -0.1) is 0 Å². The van der Waals surface area contributed by atoms with E-state index in [-0.39, 0.29) is 0 Å². The third-order valence-corrected chi connectivity index (χ3v) is 1.14. The number of hydrogen-bond acceptors (Lipinski definition) is 2. The molecule has 0 amide bonds. The lowest BCUT2D eigenvalue weighted by Gasteiger charge is -1.90. The molecule has 0 bridgehead atoms. The first kappa shape index (κ1) is 8.02. The third-order valence-electron chi connectivity index (χ3n) is 0.919. The zero-order valence-corrected chi connectivity index (χ0v) is 6.08. The Kier molecular flexibility index (Phi) is 5.18. The normalized spacial score (nSPS) is 9.25. The van der Waals surface area contributed by atoms with Gasteiger partial charge in [0.25, 0.3) is 0 Å². The molecule has 0 spiro atoms. The highest BCUT2D eigenvalue weighted by Gasteiger charge is 1.95. The van der Waals surface area contributed by atoms with Crippen LogP contribution >= 0.6 is 12.6 Å². The summed E-state index contributed by atoms with van der Waals surface area (Å²) in [4.78, 5) is 10.6. The van der Waals surface area contributed by atoms with E-state index in [0.29, 0.717) is 18.0 Å². The van der Waals surface area contributed by atoms with E-state index in [2.05, 4.69) is 12.6 Å². The second kappa shape index (κ2) is 5.16. The molecule has 0 saturated heterocycles. The van der Waals surface area contributed by atoms with Crippen molar-refractivity contribution in [3.8, 4) is 0 Å². The van der Waals surface area contributed by atoms with Crippen molar-refractivity contribution in [1.29, 1.82) is 0 Å². The molecule has 8 heavy (non-hydrogen) atoms. The molecule has 0 N–H and O–H groups in total. The number of thiol groups is 1. The summed E-state index contributed by atoms with van der Waals surface area (Å²) in [5.41, 5.74) is 0. The summed E-state index contributed by atoms with van der Waals surface area (Å²) in [6, 6.07) is 0. The Balaban J connectivity index is 3.06. The summed E-state index contributed by atoms with van der Waals surface area (Å²) >= 11 is 3.93. The zero-order chi connectivity index (χ0) is 6.41. The van der Waals surface area contributed by atoms with Crippen molar-refractivity contribution in [2.24, 2.45) is 0 Å². The van der Waals surface area contributed by atoms with Crippen LogP contribution in [-0.4, -0.2) is 11.5 Å². The molecular weight excluding hydrogens is 120 g/mol. The van der Waals surface area contributed by atoms with Crippen molar-refractivity contribution in [2.75, 3.05) is 5.75 Å². The molecule has 2 heteroatoms. The van der Waals surface area contributed by atoms with Gasteiger partial charge in [-0.2, -0.15) is 12.6 Å². The lowest BCUT2D eigenvalue weighted by molar-refractivity contribution is -0.118. The van der Waals surface area contributed by atoms with Crippen molar-refractivity contribution in [3.63, 3.8) is 0 Å². The third kappa shape index (κ3) is 4.19. The SMILES string of the molecule is CCCC(=O)CCS. The molecule has 0 heterocycles. The predicted octanol–water partition coefficient (Wildman–Crippen LogP) is 1.68. The van der Waals surface area contributed by atoms with E-state index in [4.69, 9.17) is 0 Å². The van der Waals surface area contributed by atoms with Crippen LogP contribution < -0.4 is 0 Å². The smallest absolute Gasteiger partial charge is 0.133 e. The van der Waals surface area contributed by atoms with Crippen LogP contribution in [0.4, 0.5) is 0 Å². The van der Waals surface area contributed by atoms with Gasteiger partial charge in [-0.3, -0.25) is 4.79 Å². The van der Waals surface area contributed by atoms with Gasteiger partial charge in [-0.1, -0.05) is 6.92 Å². The zero-order valence-electron chi connectivity index (χ0n) is 5.18. The van der Waals surface area contributed by atoms with Gasteiger partial charge in [0, 0.05) is 12.8 Å². The average molecular weight is 132 g/mol. The first-order valence-corrected chi connectivity index (χ1v) is 3.57. The molecule has 0 radical (unpaired) electrons. The fraction of sp³-hybridized carbons (Fsp3) is 0.833. The highest BCUT2D eigenvalue weighted by atomic mass is 32.1. The minimum Gasteiger partial charge on any atom is -0.300 e. The number of Topliss-reactive ketones (excluding diaryl/α,β-unsaturated/α-hetero) is 1. The number of carbonyl (C=O) groups excluding carboxylic acids is 1. The average Bonchev–Trinajstić information content (AvgIpc) is 1.68. The minimum atomic E-state index is 0.336. The fourth-order valence-corrected chi connectivity index (χ4v) is 0.778. The van der Waals surface area contributed by atoms with Gasteiger partial charge in [-0.05, 0) is 12.2 Å². The van der Waals surface area contributed by atoms with E-state index in [9.17, 15) is 4.79 Å². The maximum atomic E-state index is 10.6. The quantitative estimate of drug-likeness (QED) is 0.576. The van der Waals surface area contributed by atoms with Crippen LogP contribution in [0.2, 0.25) is 0 Å². The van der Waals surface area contributed by atoms with Crippen LogP contribution in [0.5, 0.6) is 0 Å². The number of ketones is 1. The van der Waals surface area contributed by atoms with Gasteiger partial charge in [0.1, 0.15) is 5.78 Å². The first-order valence-electron chi connectivity index (χ1n) is 2.93. The monoisotopic (exact) mass is 132 g/mol. The van der Waals surface area contributed by atoms with Crippen LogP contribution in [0, 0.1) is 0 Å². The van der Waals surface area contributed by atoms with Crippen molar-refractivity contribution in [2.45, 2.75) is 26.2 Å². The Labute approximate surface area is 55.9 Å². The first-order chi connectivity index (χ1) is 3.81.